The molecule has 0 amide bonds. The van der Waals surface area contributed by atoms with Crippen LogP contribution in [-0.4, -0.2) is 12.8 Å². The van der Waals surface area contributed by atoms with E-state index in [2.05, 4.69) is 4.99 Å². The summed E-state index contributed by atoms with van der Waals surface area (Å²) in [6.45, 7) is 0.638. The van der Waals surface area contributed by atoms with E-state index in [1.165, 1.54) is 0 Å². The van der Waals surface area contributed by atoms with E-state index in [-0.39, 0.29) is 6.23 Å². The van der Waals surface area contributed by atoms with E-state index >= 15 is 0 Å². The lowest BCUT2D eigenvalue weighted by Crippen LogP contribution is -1.94. The van der Waals surface area contributed by atoms with Crippen LogP contribution in [-0.2, 0) is 4.74 Å². The van der Waals surface area contributed by atoms with Gasteiger partial charge in [0.15, 0.2) is 6.23 Å². The van der Waals surface area contributed by atoms with Gasteiger partial charge < -0.3 is 4.74 Å². The Morgan fingerprint density at radius 2 is 2.09 bits per heavy atom. The molecule has 1 aliphatic heterocycles. The Kier molecular flexibility index (Phi) is 1.69. The van der Waals surface area contributed by atoms with Crippen LogP contribution < -0.4 is 0 Å². The molecular weight excluding hydrogens is 138 g/mol. The van der Waals surface area contributed by atoms with Gasteiger partial charge >= 0.3 is 0 Å². The molecule has 0 aromatic heterocycles. The first-order valence-corrected chi connectivity index (χ1v) is 3.65. The summed E-state index contributed by atoms with van der Waals surface area (Å²) >= 11 is 0. The van der Waals surface area contributed by atoms with Gasteiger partial charge in [-0.3, -0.25) is 4.99 Å². The van der Waals surface area contributed by atoms with Gasteiger partial charge in [0.2, 0.25) is 0 Å². The van der Waals surface area contributed by atoms with Gasteiger partial charge in [-0.25, -0.2) is 0 Å². The van der Waals surface area contributed by atoms with Gasteiger partial charge in [0.25, 0.3) is 0 Å². The fraction of sp³-hybridized carbons (Fsp3) is 0.222. The molecule has 56 valence electrons. The molecule has 0 spiro atoms. The molecule has 2 rings (SSSR count). The Balaban J connectivity index is 2.23. The van der Waals surface area contributed by atoms with E-state index in [1.807, 2.05) is 30.3 Å². The molecule has 2 heteroatoms. The van der Waals surface area contributed by atoms with Crippen molar-refractivity contribution in [2.24, 2.45) is 4.99 Å². The zero-order valence-electron chi connectivity index (χ0n) is 6.10. The Morgan fingerprint density at radius 1 is 1.27 bits per heavy atom. The fourth-order valence-electron chi connectivity index (χ4n) is 1.12. The summed E-state index contributed by atoms with van der Waals surface area (Å²) in [5.74, 6) is 0. The lowest BCUT2D eigenvalue weighted by Gasteiger charge is -2.05. The molecule has 0 fully saturated rings. The van der Waals surface area contributed by atoms with Crippen LogP contribution in [0.25, 0.3) is 0 Å². The first-order valence-electron chi connectivity index (χ1n) is 3.65. The molecule has 2 nitrogen and oxygen atoms in total. The number of hydrogen-bond donors (Lipinski definition) is 0. The average molecular weight is 147 g/mol. The topological polar surface area (TPSA) is 21.6 Å². The minimum absolute atomic E-state index is 0.0591. The van der Waals surface area contributed by atoms with Crippen molar-refractivity contribution in [2.45, 2.75) is 6.23 Å². The Morgan fingerprint density at radius 3 is 2.73 bits per heavy atom. The number of ether oxygens (including phenoxy) is 1. The first kappa shape index (κ1) is 6.55. The van der Waals surface area contributed by atoms with Crippen LogP contribution in [0.1, 0.15) is 11.8 Å². The number of rotatable bonds is 1. The molecule has 1 unspecified atom stereocenters. The van der Waals surface area contributed by atoms with Gasteiger partial charge in [-0.05, 0) is 0 Å². The third kappa shape index (κ3) is 1.30. The van der Waals surface area contributed by atoms with Crippen molar-refractivity contribution in [1.82, 2.24) is 0 Å². The van der Waals surface area contributed by atoms with Crippen LogP contribution >= 0.6 is 0 Å². The second kappa shape index (κ2) is 2.84. The summed E-state index contributed by atoms with van der Waals surface area (Å²) in [6.07, 6.45) is 1.74. The van der Waals surface area contributed by atoms with Crippen molar-refractivity contribution < 1.29 is 4.74 Å². The summed E-state index contributed by atoms with van der Waals surface area (Å²) in [4.78, 5) is 4.16. The zero-order valence-corrected chi connectivity index (χ0v) is 6.10. The molecule has 0 bridgehead atoms. The molecule has 0 radical (unpaired) electrons. The fourth-order valence-corrected chi connectivity index (χ4v) is 1.12. The number of nitrogens with zero attached hydrogens (tertiary/aromatic N) is 1. The van der Waals surface area contributed by atoms with Crippen molar-refractivity contribution in [3.8, 4) is 0 Å². The molecule has 1 aromatic carbocycles. The highest BCUT2D eigenvalue weighted by atomic mass is 16.5. The quantitative estimate of drug-likeness (QED) is 0.593. The molecule has 0 saturated heterocycles. The number of hydrogen-bond acceptors (Lipinski definition) is 2. The summed E-state index contributed by atoms with van der Waals surface area (Å²) in [7, 11) is 0. The molecule has 0 saturated carbocycles. The second-order valence-corrected chi connectivity index (χ2v) is 2.43. The normalized spacial score (nSPS) is 22.4. The van der Waals surface area contributed by atoms with Gasteiger partial charge in [0.05, 0.1) is 6.61 Å². The van der Waals surface area contributed by atoms with Crippen LogP contribution in [0.15, 0.2) is 35.3 Å². The molecule has 11 heavy (non-hydrogen) atoms. The molecule has 1 aliphatic rings. The van der Waals surface area contributed by atoms with Crippen LogP contribution in [0.5, 0.6) is 0 Å². The van der Waals surface area contributed by atoms with Crippen LogP contribution in [0.4, 0.5) is 0 Å². The van der Waals surface area contributed by atoms with E-state index in [4.69, 9.17) is 4.74 Å². The largest absolute Gasteiger partial charge is 0.347 e. The molecule has 1 atom stereocenters. The third-order valence-corrected chi connectivity index (χ3v) is 1.65. The lowest BCUT2D eigenvalue weighted by molar-refractivity contribution is 0.111. The lowest BCUT2D eigenvalue weighted by atomic mass is 10.2. The molecule has 1 heterocycles. The van der Waals surface area contributed by atoms with Crippen LogP contribution in [0.3, 0.4) is 0 Å². The third-order valence-electron chi connectivity index (χ3n) is 1.65. The average Bonchev–Trinajstić information content (AvgIpc) is 2.58. The van der Waals surface area contributed by atoms with Crippen LogP contribution in [0.2, 0.25) is 0 Å². The second-order valence-electron chi connectivity index (χ2n) is 2.43. The van der Waals surface area contributed by atoms with Gasteiger partial charge in [0, 0.05) is 11.8 Å². The van der Waals surface area contributed by atoms with Crippen molar-refractivity contribution in [1.29, 1.82) is 0 Å². The van der Waals surface area contributed by atoms with E-state index in [9.17, 15) is 0 Å². The maximum Gasteiger partial charge on any atom is 0.174 e. The maximum absolute atomic E-state index is 5.32. The Hall–Kier alpha value is -1.15. The predicted octanol–water partition coefficient (Wildman–Crippen LogP) is 1.79. The minimum Gasteiger partial charge on any atom is -0.347 e. The summed E-state index contributed by atoms with van der Waals surface area (Å²) in [5.41, 5.74) is 1.13. The molecule has 0 N–H and O–H groups in total. The predicted molar refractivity (Wildman–Crippen MR) is 43.6 cm³/mol. The highest BCUT2D eigenvalue weighted by Gasteiger charge is 2.11. The highest BCUT2D eigenvalue weighted by Crippen LogP contribution is 2.20. The summed E-state index contributed by atoms with van der Waals surface area (Å²) in [5, 5.41) is 0. The summed E-state index contributed by atoms with van der Waals surface area (Å²) in [6, 6.07) is 10.0. The monoisotopic (exact) mass is 147 g/mol. The number of benzene rings is 1. The smallest absolute Gasteiger partial charge is 0.174 e. The van der Waals surface area contributed by atoms with Gasteiger partial charge in [-0.2, -0.15) is 0 Å². The van der Waals surface area contributed by atoms with E-state index in [0.717, 1.165) is 5.56 Å². The van der Waals surface area contributed by atoms with E-state index in [0.29, 0.717) is 6.61 Å². The zero-order chi connectivity index (χ0) is 7.52. The Bertz CT molecular complexity index is 256. The van der Waals surface area contributed by atoms with Crippen LogP contribution in [0, 0.1) is 0 Å². The maximum atomic E-state index is 5.32. The van der Waals surface area contributed by atoms with Gasteiger partial charge in [-0.1, -0.05) is 30.3 Å². The minimum atomic E-state index is -0.0591. The van der Waals surface area contributed by atoms with Crippen molar-refractivity contribution in [2.75, 3.05) is 6.61 Å². The first-order chi connectivity index (χ1) is 5.47. The van der Waals surface area contributed by atoms with Gasteiger partial charge in [-0.15, -0.1) is 0 Å². The van der Waals surface area contributed by atoms with E-state index < -0.39 is 0 Å². The molecule has 1 aromatic rings. The van der Waals surface area contributed by atoms with Gasteiger partial charge in [0.1, 0.15) is 0 Å². The van der Waals surface area contributed by atoms with Crippen molar-refractivity contribution >= 4 is 6.21 Å². The van der Waals surface area contributed by atoms with Crippen molar-refractivity contribution in [3.05, 3.63) is 35.9 Å². The summed E-state index contributed by atoms with van der Waals surface area (Å²) < 4.78 is 5.32. The van der Waals surface area contributed by atoms with E-state index in [1.54, 1.807) is 6.21 Å². The molecule has 0 aliphatic carbocycles. The highest BCUT2D eigenvalue weighted by molar-refractivity contribution is 5.60. The SMILES string of the molecule is C1=NC(c2ccccc2)OC1. The molecular formula is C9H9NO. The number of aliphatic imine (C=N–C) groups is 1. The standard InChI is InChI=1S/C9H9NO/c1-2-4-8(5-3-1)9-10-6-7-11-9/h1-6,9H,7H2. The Labute approximate surface area is 65.5 Å². The van der Waals surface area contributed by atoms with Crippen molar-refractivity contribution in [3.63, 3.8) is 0 Å².